The van der Waals surface area contributed by atoms with E-state index in [1.807, 2.05) is 13.0 Å². The van der Waals surface area contributed by atoms with Crippen LogP contribution >= 0.6 is 0 Å². The molecule has 30 heavy (non-hydrogen) atoms. The van der Waals surface area contributed by atoms with Crippen LogP contribution in [0.15, 0.2) is 11.6 Å². The summed E-state index contributed by atoms with van der Waals surface area (Å²) in [4.78, 5) is 24.9. The minimum atomic E-state index is -0.705. The summed E-state index contributed by atoms with van der Waals surface area (Å²) >= 11 is 0. The summed E-state index contributed by atoms with van der Waals surface area (Å²) < 4.78 is 0. The molecule has 168 valence electrons. The minimum Gasteiger partial charge on any atom is -0.481 e. The predicted molar refractivity (Wildman–Crippen MR) is 117 cm³/mol. The molecule has 4 fully saturated rings. The van der Waals surface area contributed by atoms with Crippen molar-refractivity contribution in [2.45, 2.75) is 91.6 Å². The third-order valence-electron chi connectivity index (χ3n) is 10.3. The quantitative estimate of drug-likeness (QED) is 0.614. The third-order valence-corrected chi connectivity index (χ3v) is 10.3. The Morgan fingerprint density at radius 3 is 2.47 bits per heavy atom. The Morgan fingerprint density at radius 2 is 1.80 bits per heavy atom. The molecule has 0 heterocycles. The monoisotopic (exact) mass is 416 g/mol. The first-order chi connectivity index (χ1) is 14.1. The summed E-state index contributed by atoms with van der Waals surface area (Å²) in [5.41, 5.74) is 1.25. The fourth-order valence-corrected chi connectivity index (χ4v) is 8.72. The minimum absolute atomic E-state index is 0.114. The number of rotatable bonds is 4. The molecule has 2 unspecified atom stereocenters. The van der Waals surface area contributed by atoms with Crippen LogP contribution < -0.4 is 0 Å². The zero-order valence-electron chi connectivity index (χ0n) is 19.2. The van der Waals surface area contributed by atoms with Gasteiger partial charge in [-0.15, -0.1) is 0 Å². The highest BCUT2D eigenvalue weighted by Gasteiger charge is 2.64. The molecule has 0 aromatic carbocycles. The first-order valence-corrected chi connectivity index (χ1v) is 12.2. The topological polar surface area (TPSA) is 74.6 Å². The van der Waals surface area contributed by atoms with E-state index in [1.165, 1.54) is 0 Å². The Hall–Kier alpha value is -1.16. The predicted octanol–water partition coefficient (Wildman–Crippen LogP) is 5.24. The smallest absolute Gasteiger partial charge is 0.303 e. The SMILES string of the molecule is C/C=C1\C(=O)[C@H]2C3CC[C@H]([C@H](C)CCC(=O)O)[C@@]3(C)CCC2[C@@]2(C)CC[C@@H](O)C[C@@H]12. The van der Waals surface area contributed by atoms with Crippen molar-refractivity contribution in [1.29, 1.82) is 0 Å². The van der Waals surface area contributed by atoms with Gasteiger partial charge in [-0.25, -0.2) is 0 Å². The number of carboxylic acid groups (broad SMARTS) is 1. The van der Waals surface area contributed by atoms with Gasteiger partial charge in [-0.1, -0.05) is 26.8 Å². The average Bonchev–Trinajstić information content (AvgIpc) is 3.05. The second-order valence-corrected chi connectivity index (χ2v) is 11.5. The summed E-state index contributed by atoms with van der Waals surface area (Å²) in [7, 11) is 0. The highest BCUT2D eigenvalue weighted by atomic mass is 16.4. The van der Waals surface area contributed by atoms with Crippen molar-refractivity contribution < 1.29 is 19.8 Å². The molecule has 9 atom stereocenters. The molecule has 4 nitrogen and oxygen atoms in total. The second kappa shape index (κ2) is 7.76. The van der Waals surface area contributed by atoms with Crippen LogP contribution in [0.25, 0.3) is 0 Å². The van der Waals surface area contributed by atoms with Crippen LogP contribution in [0.2, 0.25) is 0 Å². The molecule has 0 aromatic rings. The summed E-state index contributed by atoms with van der Waals surface area (Å²) in [5, 5.41) is 19.5. The van der Waals surface area contributed by atoms with Crippen molar-refractivity contribution in [3.05, 3.63) is 11.6 Å². The number of ketones is 1. The van der Waals surface area contributed by atoms with Crippen molar-refractivity contribution in [2.24, 2.45) is 46.3 Å². The summed E-state index contributed by atoms with van der Waals surface area (Å²) in [6.45, 7) is 9.04. The van der Waals surface area contributed by atoms with Crippen LogP contribution in [0, 0.1) is 46.3 Å². The van der Waals surface area contributed by atoms with Crippen molar-refractivity contribution >= 4 is 11.8 Å². The molecule has 4 aliphatic carbocycles. The molecule has 2 N–H and O–H groups in total. The third kappa shape index (κ3) is 3.20. The molecule has 0 radical (unpaired) electrons. The molecule has 0 amide bonds. The molecule has 0 bridgehead atoms. The van der Waals surface area contributed by atoms with Crippen molar-refractivity contribution in [1.82, 2.24) is 0 Å². The number of hydrogen-bond donors (Lipinski definition) is 2. The normalized spacial score (nSPS) is 48.0. The molecule has 0 aromatic heterocycles. The number of carbonyl (C=O) groups is 2. The van der Waals surface area contributed by atoms with Crippen LogP contribution in [-0.4, -0.2) is 28.1 Å². The number of aliphatic carboxylic acids is 1. The lowest BCUT2D eigenvalue weighted by atomic mass is 9.43. The van der Waals surface area contributed by atoms with Gasteiger partial charge in [-0.2, -0.15) is 0 Å². The number of aliphatic hydroxyl groups excluding tert-OH is 1. The molecular formula is C26H40O4. The van der Waals surface area contributed by atoms with Crippen LogP contribution in [0.3, 0.4) is 0 Å². The van der Waals surface area contributed by atoms with Gasteiger partial charge in [0.1, 0.15) is 0 Å². The zero-order valence-corrected chi connectivity index (χ0v) is 19.2. The summed E-state index contributed by atoms with van der Waals surface area (Å²) in [6, 6.07) is 0. The van der Waals surface area contributed by atoms with E-state index >= 15 is 0 Å². The van der Waals surface area contributed by atoms with E-state index in [1.54, 1.807) is 0 Å². The van der Waals surface area contributed by atoms with E-state index < -0.39 is 5.97 Å². The lowest BCUT2D eigenvalue weighted by Crippen LogP contribution is -2.58. The van der Waals surface area contributed by atoms with Crippen molar-refractivity contribution in [3.8, 4) is 0 Å². The van der Waals surface area contributed by atoms with Crippen LogP contribution in [-0.2, 0) is 9.59 Å². The standard InChI is InChI=1S/C26H40O4/c1-5-17-21-14-16(27)10-12-26(21,4)20-11-13-25(3)18(15(2)6-9-22(28)29)7-8-19(25)23(20)24(17)30/h5,15-16,18-21,23,27H,6-14H2,1-4H3,(H,28,29)/b17-5-/t15-,16-,18-,19?,20?,21+,23+,25-,26-/m1/s1. The van der Waals surface area contributed by atoms with E-state index in [4.69, 9.17) is 5.11 Å². The molecule has 4 rings (SSSR count). The fourth-order valence-electron chi connectivity index (χ4n) is 8.72. The van der Waals surface area contributed by atoms with E-state index in [9.17, 15) is 14.7 Å². The Bertz CT molecular complexity index is 741. The lowest BCUT2D eigenvalue weighted by molar-refractivity contribution is -0.150. The van der Waals surface area contributed by atoms with Gasteiger partial charge in [0.05, 0.1) is 6.10 Å². The summed E-state index contributed by atoms with van der Waals surface area (Å²) in [5.74, 6) is 1.74. The summed E-state index contributed by atoms with van der Waals surface area (Å²) in [6.07, 6.45) is 9.86. The van der Waals surface area contributed by atoms with E-state index in [2.05, 4.69) is 20.8 Å². The highest BCUT2D eigenvalue weighted by molar-refractivity contribution is 5.99. The number of Topliss-reactive ketones (excluding diaryl/α,β-unsaturated/α-hetero) is 1. The largest absolute Gasteiger partial charge is 0.481 e. The molecule has 4 saturated carbocycles. The van der Waals surface area contributed by atoms with Gasteiger partial charge in [-0.3, -0.25) is 9.59 Å². The first-order valence-electron chi connectivity index (χ1n) is 12.2. The number of hydrogen-bond acceptors (Lipinski definition) is 3. The van der Waals surface area contributed by atoms with Gasteiger partial charge >= 0.3 is 5.97 Å². The van der Waals surface area contributed by atoms with Crippen LogP contribution in [0.4, 0.5) is 0 Å². The van der Waals surface area contributed by atoms with Crippen molar-refractivity contribution in [2.75, 3.05) is 0 Å². The van der Waals surface area contributed by atoms with Gasteiger partial charge in [0, 0.05) is 12.3 Å². The number of carboxylic acids is 1. The first kappa shape index (κ1) is 22.0. The van der Waals surface area contributed by atoms with Crippen LogP contribution in [0.5, 0.6) is 0 Å². The maximum absolute atomic E-state index is 13.8. The van der Waals surface area contributed by atoms with Gasteiger partial charge in [0.15, 0.2) is 5.78 Å². The van der Waals surface area contributed by atoms with Crippen LogP contribution in [0.1, 0.15) is 85.5 Å². The molecule has 0 spiro atoms. The van der Waals surface area contributed by atoms with E-state index in [0.717, 1.165) is 56.9 Å². The Labute approximate surface area is 181 Å². The van der Waals surface area contributed by atoms with E-state index in [0.29, 0.717) is 29.5 Å². The molecule has 4 aliphatic rings. The highest BCUT2D eigenvalue weighted by Crippen LogP contribution is 2.68. The number of carbonyl (C=O) groups excluding carboxylic acids is 1. The lowest BCUT2D eigenvalue weighted by Gasteiger charge is -2.61. The Kier molecular flexibility index (Phi) is 5.70. The number of fused-ring (bicyclic) bond motifs is 5. The molecule has 0 saturated heterocycles. The second-order valence-electron chi connectivity index (χ2n) is 11.5. The zero-order chi connectivity index (χ0) is 21.8. The maximum atomic E-state index is 13.8. The van der Waals surface area contributed by atoms with Crippen molar-refractivity contribution in [3.63, 3.8) is 0 Å². The van der Waals surface area contributed by atoms with E-state index in [-0.39, 0.29) is 35.2 Å². The Morgan fingerprint density at radius 1 is 1.13 bits per heavy atom. The fraction of sp³-hybridized carbons (Fsp3) is 0.846. The van der Waals surface area contributed by atoms with Gasteiger partial charge in [0.25, 0.3) is 0 Å². The maximum Gasteiger partial charge on any atom is 0.303 e. The van der Waals surface area contributed by atoms with Gasteiger partial charge < -0.3 is 10.2 Å². The molecule has 4 heteroatoms. The number of allylic oxidation sites excluding steroid dienone is 2. The molecule has 0 aliphatic heterocycles. The molecular weight excluding hydrogens is 376 g/mol. The number of aliphatic hydroxyl groups is 1. The van der Waals surface area contributed by atoms with Gasteiger partial charge in [-0.05, 0) is 104 Å². The van der Waals surface area contributed by atoms with Gasteiger partial charge in [0.2, 0.25) is 0 Å². The Balaban J connectivity index is 1.64. The average molecular weight is 417 g/mol.